The number of hydrogen-bond donors (Lipinski definition) is 0. The molecule has 2 aliphatic rings. The van der Waals surface area contributed by atoms with Crippen LogP contribution in [0.4, 0.5) is 5.95 Å². The van der Waals surface area contributed by atoms with Gasteiger partial charge in [0.25, 0.3) is 0 Å². The van der Waals surface area contributed by atoms with Crippen LogP contribution < -0.4 is 4.90 Å². The second kappa shape index (κ2) is 8.11. The molecule has 0 spiro atoms. The Morgan fingerprint density at radius 2 is 1.76 bits per heavy atom. The van der Waals surface area contributed by atoms with Crippen molar-refractivity contribution in [2.24, 2.45) is 11.8 Å². The predicted octanol–water partition coefficient (Wildman–Crippen LogP) is 2.47. The summed E-state index contributed by atoms with van der Waals surface area (Å²) >= 11 is 0. The highest BCUT2D eigenvalue weighted by molar-refractivity contribution is 5.79. The Bertz CT molecular complexity index is 597. The highest BCUT2D eigenvalue weighted by Gasteiger charge is 2.31. The molecule has 0 aromatic carbocycles. The third-order valence-corrected chi connectivity index (χ3v) is 5.59. The Kier molecular flexibility index (Phi) is 5.86. The van der Waals surface area contributed by atoms with Crippen molar-refractivity contribution >= 4 is 11.9 Å². The molecule has 0 radical (unpaired) electrons. The highest BCUT2D eigenvalue weighted by Crippen LogP contribution is 2.25. The van der Waals surface area contributed by atoms with Crippen molar-refractivity contribution in [2.75, 3.05) is 31.1 Å². The number of rotatable bonds is 4. The first-order valence-corrected chi connectivity index (χ1v) is 9.88. The maximum absolute atomic E-state index is 12.8. The summed E-state index contributed by atoms with van der Waals surface area (Å²) in [4.78, 5) is 21.8. The fraction of sp³-hybridized carbons (Fsp3) is 0.789. The summed E-state index contributed by atoms with van der Waals surface area (Å²) in [6.45, 7) is 10.0. The van der Waals surface area contributed by atoms with Gasteiger partial charge in [-0.1, -0.05) is 20.8 Å². The number of carbonyl (C=O) groups is 1. The fourth-order valence-electron chi connectivity index (χ4n) is 4.04. The molecule has 0 saturated carbocycles. The van der Waals surface area contributed by atoms with Crippen LogP contribution in [-0.4, -0.2) is 52.2 Å². The van der Waals surface area contributed by atoms with E-state index in [9.17, 15) is 4.79 Å². The van der Waals surface area contributed by atoms with Crippen molar-refractivity contribution in [3.63, 3.8) is 0 Å². The maximum Gasteiger partial charge on any atom is 0.245 e. The van der Waals surface area contributed by atoms with Crippen LogP contribution in [0.5, 0.6) is 0 Å². The first kappa shape index (κ1) is 18.1. The highest BCUT2D eigenvalue weighted by atomic mass is 16.2. The van der Waals surface area contributed by atoms with E-state index < -0.39 is 0 Å². The van der Waals surface area contributed by atoms with E-state index in [1.54, 1.807) is 0 Å². The van der Waals surface area contributed by atoms with E-state index in [-0.39, 0.29) is 5.92 Å². The molecule has 2 saturated heterocycles. The molecule has 0 N–H and O–H groups in total. The van der Waals surface area contributed by atoms with E-state index in [0.717, 1.165) is 75.6 Å². The maximum atomic E-state index is 12.8. The van der Waals surface area contributed by atoms with Crippen LogP contribution in [0.25, 0.3) is 0 Å². The second-order valence-electron chi connectivity index (χ2n) is 7.51. The van der Waals surface area contributed by atoms with Crippen LogP contribution in [-0.2, 0) is 17.6 Å². The number of amides is 1. The van der Waals surface area contributed by atoms with Gasteiger partial charge in [0.15, 0.2) is 0 Å². The Morgan fingerprint density at radius 3 is 2.40 bits per heavy atom. The molecule has 2 aliphatic heterocycles. The van der Waals surface area contributed by atoms with Crippen LogP contribution in [0.3, 0.4) is 0 Å². The minimum atomic E-state index is 0.162. The number of aryl methyl sites for hydroxylation is 2. The van der Waals surface area contributed by atoms with Gasteiger partial charge in [-0.3, -0.25) is 4.79 Å². The lowest BCUT2D eigenvalue weighted by molar-refractivity contribution is -0.137. The van der Waals surface area contributed by atoms with Gasteiger partial charge >= 0.3 is 0 Å². The van der Waals surface area contributed by atoms with Gasteiger partial charge < -0.3 is 9.80 Å². The molecular weight excluding hydrogens is 314 g/mol. The first-order chi connectivity index (χ1) is 12.1. The largest absolute Gasteiger partial charge is 0.342 e. The lowest BCUT2D eigenvalue weighted by Crippen LogP contribution is -2.46. The Labute approximate surface area is 151 Å². The zero-order chi connectivity index (χ0) is 17.8. The van der Waals surface area contributed by atoms with E-state index in [4.69, 9.17) is 4.98 Å². The van der Waals surface area contributed by atoms with E-state index in [0.29, 0.717) is 11.8 Å². The lowest BCUT2D eigenvalue weighted by atomic mass is 9.93. The Hall–Kier alpha value is -1.72. The topological polar surface area (TPSA) is 62.2 Å². The van der Waals surface area contributed by atoms with Crippen LogP contribution >= 0.6 is 0 Å². The molecule has 3 heterocycles. The minimum Gasteiger partial charge on any atom is -0.342 e. The standard InChI is InChI=1S/C19H31N5O/c1-4-16-17(5-2)21-22-19(20-16)23-11-8-15(9-12-23)18(25)24-10-6-7-14(3)13-24/h14-15H,4-13H2,1-3H3. The molecule has 6 nitrogen and oxygen atoms in total. The third-order valence-electron chi connectivity index (χ3n) is 5.59. The van der Waals surface area contributed by atoms with Gasteiger partial charge in [-0.25, -0.2) is 4.98 Å². The summed E-state index contributed by atoms with van der Waals surface area (Å²) in [7, 11) is 0. The van der Waals surface area contributed by atoms with Crippen LogP contribution in [0.1, 0.15) is 57.8 Å². The minimum absolute atomic E-state index is 0.162. The summed E-state index contributed by atoms with van der Waals surface area (Å²) < 4.78 is 0. The quantitative estimate of drug-likeness (QED) is 0.839. The van der Waals surface area contributed by atoms with Crippen molar-refractivity contribution < 1.29 is 4.79 Å². The number of aromatic nitrogens is 3. The molecule has 1 amide bonds. The monoisotopic (exact) mass is 345 g/mol. The van der Waals surface area contributed by atoms with Crippen LogP contribution in [0, 0.1) is 11.8 Å². The van der Waals surface area contributed by atoms with Crippen molar-refractivity contribution in [1.82, 2.24) is 20.1 Å². The van der Waals surface area contributed by atoms with Gasteiger partial charge in [-0.15, -0.1) is 5.10 Å². The number of piperidine rings is 2. The molecule has 1 aromatic rings. The second-order valence-corrected chi connectivity index (χ2v) is 7.51. The molecule has 25 heavy (non-hydrogen) atoms. The van der Waals surface area contributed by atoms with Gasteiger partial charge in [0.1, 0.15) is 0 Å². The molecule has 138 valence electrons. The third kappa shape index (κ3) is 4.10. The van der Waals surface area contributed by atoms with Gasteiger partial charge in [0.05, 0.1) is 11.4 Å². The van der Waals surface area contributed by atoms with E-state index in [2.05, 4.69) is 40.8 Å². The fourth-order valence-corrected chi connectivity index (χ4v) is 4.04. The number of anilines is 1. The average Bonchev–Trinajstić information content (AvgIpc) is 2.67. The molecular formula is C19H31N5O. The summed E-state index contributed by atoms with van der Waals surface area (Å²) in [5.41, 5.74) is 2.04. The summed E-state index contributed by atoms with van der Waals surface area (Å²) in [5, 5.41) is 8.67. The molecule has 1 unspecified atom stereocenters. The zero-order valence-electron chi connectivity index (χ0n) is 15.9. The molecule has 0 bridgehead atoms. The van der Waals surface area contributed by atoms with Crippen molar-refractivity contribution in [2.45, 2.75) is 59.3 Å². The molecule has 0 aliphatic carbocycles. The normalized spacial score (nSPS) is 22.3. The molecule has 6 heteroatoms. The summed E-state index contributed by atoms with van der Waals surface area (Å²) in [5.74, 6) is 1.89. The van der Waals surface area contributed by atoms with E-state index in [1.165, 1.54) is 6.42 Å². The lowest BCUT2D eigenvalue weighted by Gasteiger charge is -2.37. The summed E-state index contributed by atoms with van der Waals surface area (Å²) in [6, 6.07) is 0. The smallest absolute Gasteiger partial charge is 0.245 e. The first-order valence-electron chi connectivity index (χ1n) is 9.88. The SMILES string of the molecule is CCc1nnc(N2CCC(C(=O)N3CCCC(C)C3)CC2)nc1CC. The van der Waals surface area contributed by atoms with Gasteiger partial charge in [0, 0.05) is 32.1 Å². The average molecular weight is 345 g/mol. The summed E-state index contributed by atoms with van der Waals surface area (Å²) in [6.07, 6.45) is 5.94. The molecule has 2 fully saturated rings. The Balaban J connectivity index is 1.59. The molecule has 3 rings (SSSR count). The predicted molar refractivity (Wildman–Crippen MR) is 98.5 cm³/mol. The Morgan fingerprint density at radius 1 is 1.04 bits per heavy atom. The van der Waals surface area contributed by atoms with Crippen molar-refractivity contribution in [1.29, 1.82) is 0 Å². The van der Waals surface area contributed by atoms with Gasteiger partial charge in [-0.05, 0) is 44.4 Å². The van der Waals surface area contributed by atoms with Crippen LogP contribution in [0.15, 0.2) is 0 Å². The van der Waals surface area contributed by atoms with Crippen molar-refractivity contribution in [3.05, 3.63) is 11.4 Å². The van der Waals surface area contributed by atoms with Crippen LogP contribution in [0.2, 0.25) is 0 Å². The number of nitrogens with zero attached hydrogens (tertiary/aromatic N) is 5. The number of hydrogen-bond acceptors (Lipinski definition) is 5. The zero-order valence-corrected chi connectivity index (χ0v) is 15.9. The number of carbonyl (C=O) groups excluding carboxylic acids is 1. The molecule has 1 atom stereocenters. The van der Waals surface area contributed by atoms with E-state index >= 15 is 0 Å². The van der Waals surface area contributed by atoms with Gasteiger partial charge in [-0.2, -0.15) is 5.10 Å². The van der Waals surface area contributed by atoms with E-state index in [1.807, 2.05) is 0 Å². The van der Waals surface area contributed by atoms with Gasteiger partial charge in [0.2, 0.25) is 11.9 Å². The number of likely N-dealkylation sites (tertiary alicyclic amines) is 1. The molecule has 1 aromatic heterocycles. The van der Waals surface area contributed by atoms with Crippen molar-refractivity contribution in [3.8, 4) is 0 Å².